The first-order chi connectivity index (χ1) is 9.97. The normalized spacial score (nSPS) is 11.0. The maximum atomic E-state index is 13.0. The number of aromatic nitrogens is 1. The fourth-order valence-electron chi connectivity index (χ4n) is 2.02. The number of rotatable bonds is 3. The van der Waals surface area contributed by atoms with Gasteiger partial charge in [-0.1, -0.05) is 18.2 Å². The number of hydrogen-bond acceptors (Lipinski definition) is 3. The van der Waals surface area contributed by atoms with Gasteiger partial charge in [-0.15, -0.1) is 0 Å². The zero-order valence-corrected chi connectivity index (χ0v) is 11.1. The van der Waals surface area contributed by atoms with Crippen molar-refractivity contribution in [2.24, 2.45) is 0 Å². The molecular formula is C15H11F3N2O. The zero-order chi connectivity index (χ0) is 15.5. The number of benzene rings is 1. The summed E-state index contributed by atoms with van der Waals surface area (Å²) < 4.78 is 44.1. The fourth-order valence-corrected chi connectivity index (χ4v) is 2.02. The minimum atomic E-state index is -4.45. The minimum absolute atomic E-state index is 0.0121. The standard InChI is InChI=1S/C15H11F3N2O/c1-21-14-10(6-7-19)8-11(9-20-14)12-4-2-3-5-13(12)15(16,17)18/h2-5,8-9H,6H2,1H3. The lowest BCUT2D eigenvalue weighted by molar-refractivity contribution is -0.137. The van der Waals surface area contributed by atoms with Gasteiger partial charge in [0, 0.05) is 17.3 Å². The molecule has 0 aliphatic heterocycles. The molecule has 0 spiro atoms. The summed E-state index contributed by atoms with van der Waals surface area (Å²) in [4.78, 5) is 3.97. The number of hydrogen-bond donors (Lipinski definition) is 0. The molecule has 0 atom stereocenters. The average Bonchev–Trinajstić information content (AvgIpc) is 2.46. The Morgan fingerprint density at radius 1 is 1.29 bits per heavy atom. The predicted octanol–water partition coefficient (Wildman–Crippen LogP) is 3.84. The highest BCUT2D eigenvalue weighted by Crippen LogP contribution is 2.37. The number of halogens is 3. The molecule has 0 aliphatic carbocycles. The summed E-state index contributed by atoms with van der Waals surface area (Å²) in [6.07, 6.45) is -3.13. The van der Waals surface area contributed by atoms with E-state index in [4.69, 9.17) is 10.00 Å². The molecule has 0 unspecified atom stereocenters. The van der Waals surface area contributed by atoms with Crippen LogP contribution in [0.15, 0.2) is 36.5 Å². The lowest BCUT2D eigenvalue weighted by Gasteiger charge is -2.13. The maximum absolute atomic E-state index is 13.0. The Bertz CT molecular complexity index is 690. The van der Waals surface area contributed by atoms with Gasteiger partial charge in [0.05, 0.1) is 25.2 Å². The predicted molar refractivity (Wildman–Crippen MR) is 70.5 cm³/mol. The van der Waals surface area contributed by atoms with Crippen molar-refractivity contribution < 1.29 is 17.9 Å². The van der Waals surface area contributed by atoms with Crippen molar-refractivity contribution in [3.05, 3.63) is 47.7 Å². The van der Waals surface area contributed by atoms with Gasteiger partial charge in [0.1, 0.15) is 0 Å². The summed E-state index contributed by atoms with van der Waals surface area (Å²) in [5.41, 5.74) is 0.0441. The summed E-state index contributed by atoms with van der Waals surface area (Å²) in [6.45, 7) is 0. The van der Waals surface area contributed by atoms with Crippen molar-refractivity contribution in [3.8, 4) is 23.1 Å². The van der Waals surface area contributed by atoms with Gasteiger partial charge in [0.2, 0.25) is 5.88 Å². The molecular weight excluding hydrogens is 281 g/mol. The number of pyridine rings is 1. The minimum Gasteiger partial charge on any atom is -0.481 e. The van der Waals surface area contributed by atoms with Gasteiger partial charge in [-0.05, 0) is 17.7 Å². The van der Waals surface area contributed by atoms with Gasteiger partial charge in [-0.2, -0.15) is 18.4 Å². The fraction of sp³-hybridized carbons (Fsp3) is 0.200. The topological polar surface area (TPSA) is 45.9 Å². The molecule has 0 radical (unpaired) electrons. The van der Waals surface area contributed by atoms with Crippen molar-refractivity contribution in [2.75, 3.05) is 7.11 Å². The first-order valence-electron chi connectivity index (χ1n) is 6.04. The van der Waals surface area contributed by atoms with Crippen LogP contribution >= 0.6 is 0 Å². The first kappa shape index (κ1) is 14.9. The van der Waals surface area contributed by atoms with Crippen molar-refractivity contribution in [3.63, 3.8) is 0 Å². The third kappa shape index (κ3) is 3.14. The van der Waals surface area contributed by atoms with Crippen LogP contribution in [-0.4, -0.2) is 12.1 Å². The van der Waals surface area contributed by atoms with Crippen molar-refractivity contribution in [1.29, 1.82) is 5.26 Å². The molecule has 0 saturated heterocycles. The molecule has 1 heterocycles. The van der Waals surface area contributed by atoms with Gasteiger partial charge < -0.3 is 4.74 Å². The Kier molecular flexibility index (Phi) is 4.13. The molecule has 2 rings (SSSR count). The molecule has 0 saturated carbocycles. The summed E-state index contributed by atoms with van der Waals surface area (Å²) in [5.74, 6) is 0.241. The van der Waals surface area contributed by atoms with Crippen LogP contribution in [0, 0.1) is 11.3 Å². The van der Waals surface area contributed by atoms with E-state index >= 15 is 0 Å². The summed E-state index contributed by atoms with van der Waals surface area (Å²) in [5, 5.41) is 8.77. The molecule has 6 heteroatoms. The summed E-state index contributed by atoms with van der Waals surface area (Å²) in [6, 6.07) is 8.69. The molecule has 3 nitrogen and oxygen atoms in total. The van der Waals surface area contributed by atoms with Crippen molar-refractivity contribution in [2.45, 2.75) is 12.6 Å². The van der Waals surface area contributed by atoms with Crippen LogP contribution in [0.4, 0.5) is 13.2 Å². The van der Waals surface area contributed by atoms with Crippen LogP contribution < -0.4 is 4.74 Å². The van der Waals surface area contributed by atoms with Crippen molar-refractivity contribution in [1.82, 2.24) is 4.98 Å². The second-order valence-corrected chi connectivity index (χ2v) is 4.27. The van der Waals surface area contributed by atoms with Gasteiger partial charge in [0.15, 0.2) is 0 Å². The lowest BCUT2D eigenvalue weighted by atomic mass is 9.99. The van der Waals surface area contributed by atoms with E-state index in [1.165, 1.54) is 37.6 Å². The van der Waals surface area contributed by atoms with E-state index in [-0.39, 0.29) is 17.9 Å². The molecule has 0 aliphatic rings. The molecule has 0 amide bonds. The second kappa shape index (κ2) is 5.83. The Balaban J connectivity index is 2.58. The maximum Gasteiger partial charge on any atom is 0.417 e. The van der Waals surface area contributed by atoms with E-state index in [0.717, 1.165) is 6.07 Å². The van der Waals surface area contributed by atoms with Gasteiger partial charge in [-0.3, -0.25) is 0 Å². The second-order valence-electron chi connectivity index (χ2n) is 4.27. The lowest BCUT2D eigenvalue weighted by Crippen LogP contribution is -2.07. The smallest absolute Gasteiger partial charge is 0.417 e. The molecule has 0 N–H and O–H groups in total. The van der Waals surface area contributed by atoms with Crippen LogP contribution in [0.1, 0.15) is 11.1 Å². The summed E-state index contributed by atoms with van der Waals surface area (Å²) in [7, 11) is 1.40. The molecule has 1 aromatic carbocycles. The Morgan fingerprint density at radius 3 is 2.62 bits per heavy atom. The molecule has 0 bridgehead atoms. The SMILES string of the molecule is COc1ncc(-c2ccccc2C(F)(F)F)cc1CC#N. The number of nitriles is 1. The number of alkyl halides is 3. The van der Waals surface area contributed by atoms with Crippen LogP contribution in [0.5, 0.6) is 5.88 Å². The highest BCUT2D eigenvalue weighted by Gasteiger charge is 2.33. The number of ether oxygens (including phenoxy) is 1. The van der Waals surface area contributed by atoms with Crippen LogP contribution in [0.25, 0.3) is 11.1 Å². The van der Waals surface area contributed by atoms with Gasteiger partial charge in [-0.25, -0.2) is 4.98 Å². The Labute approximate surface area is 119 Å². The third-order valence-electron chi connectivity index (χ3n) is 2.93. The monoisotopic (exact) mass is 292 g/mol. The zero-order valence-electron chi connectivity index (χ0n) is 11.1. The third-order valence-corrected chi connectivity index (χ3v) is 2.93. The Hall–Kier alpha value is -2.55. The van der Waals surface area contributed by atoms with E-state index < -0.39 is 11.7 Å². The number of methoxy groups -OCH3 is 1. The quantitative estimate of drug-likeness (QED) is 0.863. The van der Waals surface area contributed by atoms with E-state index in [1.807, 2.05) is 6.07 Å². The summed E-state index contributed by atoms with van der Waals surface area (Å²) >= 11 is 0. The molecule has 0 fully saturated rings. The molecule has 1 aromatic heterocycles. The highest BCUT2D eigenvalue weighted by atomic mass is 19.4. The molecule has 21 heavy (non-hydrogen) atoms. The number of nitrogens with zero attached hydrogens (tertiary/aromatic N) is 2. The van der Waals surface area contributed by atoms with Crippen LogP contribution in [-0.2, 0) is 12.6 Å². The molecule has 2 aromatic rings. The van der Waals surface area contributed by atoms with Gasteiger partial charge >= 0.3 is 6.18 Å². The van der Waals surface area contributed by atoms with Crippen LogP contribution in [0.2, 0.25) is 0 Å². The van der Waals surface area contributed by atoms with E-state index in [9.17, 15) is 13.2 Å². The van der Waals surface area contributed by atoms with Crippen molar-refractivity contribution >= 4 is 0 Å². The van der Waals surface area contributed by atoms with E-state index in [2.05, 4.69) is 4.98 Å². The largest absolute Gasteiger partial charge is 0.481 e. The molecule has 108 valence electrons. The van der Waals surface area contributed by atoms with Crippen LogP contribution in [0.3, 0.4) is 0 Å². The van der Waals surface area contributed by atoms with Gasteiger partial charge in [0.25, 0.3) is 0 Å². The highest BCUT2D eigenvalue weighted by molar-refractivity contribution is 5.68. The average molecular weight is 292 g/mol. The van der Waals surface area contributed by atoms with E-state index in [0.29, 0.717) is 11.1 Å². The van der Waals surface area contributed by atoms with E-state index in [1.54, 1.807) is 0 Å². The first-order valence-corrected chi connectivity index (χ1v) is 6.04. The Morgan fingerprint density at radius 2 is 2.00 bits per heavy atom.